The molecule has 0 spiro atoms. The first kappa shape index (κ1) is 23.3. The van der Waals surface area contributed by atoms with E-state index in [-0.39, 0.29) is 30.7 Å². The van der Waals surface area contributed by atoms with E-state index in [4.69, 9.17) is 4.74 Å². The molecule has 3 saturated heterocycles. The number of amides is 2. The molecule has 5 rings (SSSR count). The van der Waals surface area contributed by atoms with Gasteiger partial charge in [-0.3, -0.25) is 14.4 Å². The molecule has 9 nitrogen and oxygen atoms in total. The number of nitrogens with one attached hydrogen (secondary N) is 1. The summed E-state index contributed by atoms with van der Waals surface area (Å²) < 4.78 is 5.41. The molecule has 0 aromatic heterocycles. The summed E-state index contributed by atoms with van der Waals surface area (Å²) in [7, 11) is 0. The molecule has 2 amide bonds. The van der Waals surface area contributed by atoms with Crippen molar-refractivity contribution in [3.8, 4) is 0 Å². The zero-order chi connectivity index (χ0) is 23.9. The van der Waals surface area contributed by atoms with E-state index in [9.17, 15) is 19.5 Å². The highest BCUT2D eigenvalue weighted by molar-refractivity contribution is 6.01. The topological polar surface area (TPSA) is 102 Å². The molecule has 4 aliphatic rings. The van der Waals surface area contributed by atoms with Crippen molar-refractivity contribution in [3.63, 3.8) is 0 Å². The van der Waals surface area contributed by atoms with Crippen LogP contribution in [0.15, 0.2) is 24.3 Å². The third-order valence-electron chi connectivity index (χ3n) is 7.95. The minimum atomic E-state index is -1.05. The first-order valence-corrected chi connectivity index (χ1v) is 12.5. The zero-order valence-electron chi connectivity index (χ0n) is 19.7. The zero-order valence-corrected chi connectivity index (χ0v) is 19.7. The Balaban J connectivity index is 1.28. The molecule has 1 aliphatic carbocycles. The lowest BCUT2D eigenvalue weighted by Gasteiger charge is -2.36. The van der Waals surface area contributed by atoms with Crippen LogP contribution in [-0.4, -0.2) is 102 Å². The molecule has 3 aliphatic heterocycles. The number of rotatable bonds is 5. The highest BCUT2D eigenvalue weighted by Crippen LogP contribution is 2.36. The Hall–Kier alpha value is -2.49. The minimum Gasteiger partial charge on any atom is -0.388 e. The standard InChI is InChI=1S/C25H34N4O5/c1-2-27-11-13-28(14-12-27)18-7-5-17(6-8-18)23(32)26-25(9-3-4-10-25)24(33)29-15-19(30)22-21(29)20(31)16-34-22/h5-8,19,21-22,30H,2-4,9-16H2,1H3,(H,26,32)/t19-,21-,22-/m1/s1. The average Bonchev–Trinajstić information content (AvgIpc) is 3.57. The van der Waals surface area contributed by atoms with E-state index in [1.165, 1.54) is 4.90 Å². The van der Waals surface area contributed by atoms with Crippen molar-refractivity contribution in [2.45, 2.75) is 56.4 Å². The Morgan fingerprint density at radius 3 is 2.44 bits per heavy atom. The van der Waals surface area contributed by atoms with Crippen LogP contribution in [0.4, 0.5) is 5.69 Å². The van der Waals surface area contributed by atoms with Gasteiger partial charge in [-0.25, -0.2) is 0 Å². The van der Waals surface area contributed by atoms with Gasteiger partial charge >= 0.3 is 0 Å². The number of fused-ring (bicyclic) bond motifs is 1. The fraction of sp³-hybridized carbons (Fsp3) is 0.640. The highest BCUT2D eigenvalue weighted by atomic mass is 16.5. The second-order valence-electron chi connectivity index (χ2n) is 9.92. The number of carbonyl (C=O) groups is 3. The molecule has 184 valence electrons. The molecule has 4 fully saturated rings. The molecular formula is C25H34N4O5. The van der Waals surface area contributed by atoms with E-state index in [2.05, 4.69) is 22.0 Å². The van der Waals surface area contributed by atoms with Crippen LogP contribution < -0.4 is 10.2 Å². The molecule has 0 radical (unpaired) electrons. The van der Waals surface area contributed by atoms with Crippen LogP contribution in [0.5, 0.6) is 0 Å². The lowest BCUT2D eigenvalue weighted by molar-refractivity contribution is -0.142. The second kappa shape index (κ2) is 9.28. The van der Waals surface area contributed by atoms with E-state index in [1.807, 2.05) is 24.3 Å². The minimum absolute atomic E-state index is 0.0531. The summed E-state index contributed by atoms with van der Waals surface area (Å²) >= 11 is 0. The van der Waals surface area contributed by atoms with Gasteiger partial charge in [-0.15, -0.1) is 0 Å². The molecular weight excluding hydrogens is 436 g/mol. The highest BCUT2D eigenvalue weighted by Gasteiger charge is 2.56. The number of aliphatic hydroxyl groups is 1. The van der Waals surface area contributed by atoms with Crippen molar-refractivity contribution in [1.82, 2.24) is 15.1 Å². The molecule has 3 heterocycles. The number of β-amino-alcohol motifs (C(OH)–C–C–N with tert-alkyl or cyclic N) is 1. The number of nitrogens with zero attached hydrogens (tertiary/aromatic N) is 3. The van der Waals surface area contributed by atoms with Gasteiger partial charge in [0.25, 0.3) is 5.91 Å². The number of ketones is 1. The second-order valence-corrected chi connectivity index (χ2v) is 9.92. The monoisotopic (exact) mass is 470 g/mol. The number of anilines is 1. The number of aliphatic hydroxyl groups excluding tert-OH is 1. The van der Waals surface area contributed by atoms with E-state index >= 15 is 0 Å². The summed E-state index contributed by atoms with van der Waals surface area (Å²) in [6.45, 7) is 7.19. The fourth-order valence-corrected chi connectivity index (χ4v) is 5.92. The lowest BCUT2D eigenvalue weighted by atomic mass is 9.93. The van der Waals surface area contributed by atoms with Crippen LogP contribution in [0.2, 0.25) is 0 Å². The Kier molecular flexibility index (Phi) is 6.35. The largest absolute Gasteiger partial charge is 0.388 e. The lowest BCUT2D eigenvalue weighted by Crippen LogP contribution is -2.60. The molecule has 1 saturated carbocycles. The quantitative estimate of drug-likeness (QED) is 0.643. The van der Waals surface area contributed by atoms with Crippen LogP contribution in [0.25, 0.3) is 0 Å². The van der Waals surface area contributed by atoms with Gasteiger partial charge in [0.15, 0.2) is 5.78 Å². The van der Waals surface area contributed by atoms with Crippen LogP contribution in [0.3, 0.4) is 0 Å². The number of benzene rings is 1. The van der Waals surface area contributed by atoms with Crippen molar-refractivity contribution in [2.75, 3.05) is 50.8 Å². The normalized spacial score (nSPS) is 28.9. The van der Waals surface area contributed by atoms with Crippen LogP contribution in [-0.2, 0) is 14.3 Å². The van der Waals surface area contributed by atoms with Gasteiger partial charge in [0.2, 0.25) is 5.91 Å². The maximum Gasteiger partial charge on any atom is 0.252 e. The first-order chi connectivity index (χ1) is 16.4. The Morgan fingerprint density at radius 1 is 1.12 bits per heavy atom. The third kappa shape index (κ3) is 4.10. The van der Waals surface area contributed by atoms with E-state index in [0.717, 1.165) is 51.3 Å². The number of likely N-dealkylation sites (tertiary alicyclic amines) is 1. The first-order valence-electron chi connectivity index (χ1n) is 12.5. The van der Waals surface area contributed by atoms with Crippen molar-refractivity contribution < 1.29 is 24.2 Å². The molecule has 2 N–H and O–H groups in total. The van der Waals surface area contributed by atoms with Crippen LogP contribution >= 0.6 is 0 Å². The summed E-state index contributed by atoms with van der Waals surface area (Å²) in [5.41, 5.74) is 0.550. The van der Waals surface area contributed by atoms with Gasteiger partial charge in [0.1, 0.15) is 30.4 Å². The summed E-state index contributed by atoms with van der Waals surface area (Å²) in [4.78, 5) is 45.4. The number of carbonyl (C=O) groups excluding carboxylic acids is 3. The third-order valence-corrected chi connectivity index (χ3v) is 7.95. The number of hydrogen-bond acceptors (Lipinski definition) is 7. The smallest absolute Gasteiger partial charge is 0.252 e. The molecule has 34 heavy (non-hydrogen) atoms. The Bertz CT molecular complexity index is 937. The summed E-state index contributed by atoms with van der Waals surface area (Å²) in [5, 5.41) is 13.3. The Morgan fingerprint density at radius 2 is 1.79 bits per heavy atom. The SMILES string of the molecule is CCN1CCN(c2ccc(C(=O)NC3(C(=O)N4C[C@@H](O)[C@H]5OCC(=O)[C@H]54)CCCC3)cc2)CC1. The molecule has 3 atom stereocenters. The fourth-order valence-electron chi connectivity index (χ4n) is 5.92. The van der Waals surface area contributed by atoms with Gasteiger partial charge in [-0.1, -0.05) is 19.8 Å². The van der Waals surface area contributed by atoms with Crippen LogP contribution in [0.1, 0.15) is 43.0 Å². The van der Waals surface area contributed by atoms with Crippen molar-refractivity contribution in [1.29, 1.82) is 0 Å². The average molecular weight is 471 g/mol. The molecule has 1 aromatic rings. The van der Waals surface area contributed by atoms with Gasteiger partial charge in [0, 0.05) is 37.4 Å². The maximum atomic E-state index is 13.7. The van der Waals surface area contributed by atoms with Crippen molar-refractivity contribution in [3.05, 3.63) is 29.8 Å². The molecule has 0 unspecified atom stereocenters. The summed E-state index contributed by atoms with van der Waals surface area (Å²) in [6, 6.07) is 6.80. The molecule has 9 heteroatoms. The van der Waals surface area contributed by atoms with Gasteiger partial charge < -0.3 is 29.9 Å². The molecule has 1 aromatic carbocycles. The van der Waals surface area contributed by atoms with Gasteiger partial charge in [0.05, 0.1) is 6.54 Å². The van der Waals surface area contributed by atoms with E-state index in [0.29, 0.717) is 18.4 Å². The van der Waals surface area contributed by atoms with Crippen molar-refractivity contribution >= 4 is 23.3 Å². The van der Waals surface area contributed by atoms with Gasteiger partial charge in [-0.05, 0) is 43.7 Å². The number of Topliss-reactive ketones (excluding diaryl/α,β-unsaturated/α-hetero) is 1. The van der Waals surface area contributed by atoms with Crippen molar-refractivity contribution in [2.24, 2.45) is 0 Å². The number of ether oxygens (including phenoxy) is 1. The molecule has 0 bridgehead atoms. The summed E-state index contributed by atoms with van der Waals surface area (Å²) in [6.07, 6.45) is 1.14. The number of hydrogen-bond donors (Lipinski definition) is 2. The van der Waals surface area contributed by atoms with E-state index in [1.54, 1.807) is 0 Å². The van der Waals surface area contributed by atoms with E-state index < -0.39 is 23.8 Å². The predicted molar refractivity (Wildman–Crippen MR) is 126 cm³/mol. The maximum absolute atomic E-state index is 13.7. The number of likely N-dealkylation sites (N-methyl/N-ethyl adjacent to an activating group) is 1. The Labute approximate surface area is 200 Å². The van der Waals surface area contributed by atoms with Crippen LogP contribution in [0, 0.1) is 0 Å². The number of piperazine rings is 1. The predicted octanol–water partition coefficient (Wildman–Crippen LogP) is 0.411. The summed E-state index contributed by atoms with van der Waals surface area (Å²) in [5.74, 6) is -0.762. The van der Waals surface area contributed by atoms with Gasteiger partial charge in [-0.2, -0.15) is 0 Å².